The molecule has 1 unspecified atom stereocenters. The molecule has 0 aromatic heterocycles. The van der Waals surface area contributed by atoms with E-state index in [1.54, 1.807) is 13.8 Å². The van der Waals surface area contributed by atoms with Crippen LogP contribution < -0.4 is 0 Å². The van der Waals surface area contributed by atoms with Crippen molar-refractivity contribution in [1.29, 1.82) is 5.41 Å². The summed E-state index contributed by atoms with van der Waals surface area (Å²) in [5, 5.41) is 16.3. The van der Waals surface area contributed by atoms with E-state index < -0.39 is 30.5 Å². The molecule has 0 radical (unpaired) electrons. The van der Waals surface area contributed by atoms with Gasteiger partial charge in [0.2, 0.25) is 0 Å². The summed E-state index contributed by atoms with van der Waals surface area (Å²) in [6.45, 7) is 9.49. The molecule has 0 rings (SSSR count). The molecule has 0 aliphatic heterocycles. The molecule has 7 heteroatoms. The standard InChI is InChI=1S/C12H16N2O5/c1-4-18-10(16)9(7-13)6-12(8-15,14-3)11(17)19-5-2/h13,15H,4-6,8H2,1-2H3. The molecule has 1 atom stereocenters. The largest absolute Gasteiger partial charge is 0.462 e. The summed E-state index contributed by atoms with van der Waals surface area (Å²) in [5.74, 6) is 0.0530. The van der Waals surface area contributed by atoms with Gasteiger partial charge >= 0.3 is 17.5 Å². The van der Waals surface area contributed by atoms with Gasteiger partial charge in [0.15, 0.2) is 0 Å². The second-order valence-electron chi connectivity index (χ2n) is 3.52. The molecule has 104 valence electrons. The predicted octanol–water partition coefficient (Wildman–Crippen LogP) is 0.328. The molecule has 0 fully saturated rings. The van der Waals surface area contributed by atoms with Crippen LogP contribution in [-0.2, 0) is 19.1 Å². The minimum absolute atomic E-state index is 0.0408. The van der Waals surface area contributed by atoms with E-state index in [0.717, 1.165) is 0 Å². The number of ether oxygens (including phenoxy) is 2. The van der Waals surface area contributed by atoms with Crippen LogP contribution in [-0.4, -0.2) is 48.3 Å². The number of carbonyl (C=O) groups is 2. The van der Waals surface area contributed by atoms with Crippen LogP contribution >= 0.6 is 0 Å². The summed E-state index contributed by atoms with van der Waals surface area (Å²) in [4.78, 5) is 26.3. The Morgan fingerprint density at radius 3 is 2.32 bits per heavy atom. The van der Waals surface area contributed by atoms with Crippen molar-refractivity contribution in [2.75, 3.05) is 19.8 Å². The van der Waals surface area contributed by atoms with Crippen LogP contribution in [0.15, 0.2) is 5.57 Å². The molecule has 7 nitrogen and oxygen atoms in total. The van der Waals surface area contributed by atoms with Gasteiger partial charge < -0.3 is 14.6 Å². The third-order valence-electron chi connectivity index (χ3n) is 2.27. The van der Waals surface area contributed by atoms with Gasteiger partial charge in [0.1, 0.15) is 12.2 Å². The highest BCUT2D eigenvalue weighted by molar-refractivity contribution is 5.99. The third-order valence-corrected chi connectivity index (χ3v) is 2.27. The van der Waals surface area contributed by atoms with Crippen molar-refractivity contribution in [2.24, 2.45) is 0 Å². The second-order valence-corrected chi connectivity index (χ2v) is 3.52. The summed E-state index contributed by atoms with van der Waals surface area (Å²) in [6.07, 6.45) is -0.478. The smallest absolute Gasteiger partial charge is 0.396 e. The maximum Gasteiger partial charge on any atom is 0.396 e. The topological polar surface area (TPSA) is 101 Å². The number of hydrogen-bond donors (Lipinski definition) is 2. The number of aliphatic hydroxyl groups excluding tert-OH is 1. The van der Waals surface area contributed by atoms with E-state index in [2.05, 4.69) is 9.58 Å². The number of rotatable bonds is 7. The van der Waals surface area contributed by atoms with Gasteiger partial charge in [0.05, 0.1) is 19.6 Å². The number of nitrogens with zero attached hydrogens (tertiary/aromatic N) is 1. The van der Waals surface area contributed by atoms with Gasteiger partial charge in [0, 0.05) is 0 Å². The molecule has 0 saturated heterocycles. The summed E-state index contributed by atoms with van der Waals surface area (Å²) < 4.78 is 9.38. The number of carbonyl (C=O) groups excluding carboxylic acids is 2. The number of aliphatic hydroxyl groups is 1. The van der Waals surface area contributed by atoms with E-state index in [1.807, 2.05) is 5.87 Å². The zero-order chi connectivity index (χ0) is 14.9. The van der Waals surface area contributed by atoms with E-state index in [9.17, 15) is 14.7 Å². The summed E-state index contributed by atoms with van der Waals surface area (Å²) >= 11 is 0. The Morgan fingerprint density at radius 1 is 1.37 bits per heavy atom. The molecule has 0 saturated carbocycles. The van der Waals surface area contributed by atoms with Crippen LogP contribution in [0.5, 0.6) is 0 Å². The zero-order valence-corrected chi connectivity index (χ0v) is 10.9. The van der Waals surface area contributed by atoms with Crippen LogP contribution in [0.3, 0.4) is 0 Å². The molecular formula is C12H16N2O5. The molecule has 2 N–H and O–H groups in total. The Labute approximate surface area is 111 Å². The maximum atomic E-state index is 11.7. The first-order valence-electron chi connectivity index (χ1n) is 5.63. The van der Waals surface area contributed by atoms with Crippen molar-refractivity contribution in [1.82, 2.24) is 0 Å². The summed E-state index contributed by atoms with van der Waals surface area (Å²) in [6, 6.07) is 0. The van der Waals surface area contributed by atoms with E-state index in [0.29, 0.717) is 0 Å². The van der Waals surface area contributed by atoms with Crippen molar-refractivity contribution in [3.63, 3.8) is 0 Å². The normalized spacial score (nSPS) is 12.5. The fourth-order valence-electron chi connectivity index (χ4n) is 1.26. The molecular weight excluding hydrogens is 252 g/mol. The minimum atomic E-state index is -1.94. The molecule has 0 aromatic rings. The van der Waals surface area contributed by atoms with Gasteiger partial charge in [-0.2, -0.15) is 0 Å². The molecule has 0 heterocycles. The molecule has 0 bridgehead atoms. The third kappa shape index (κ3) is 4.21. The first-order valence-corrected chi connectivity index (χ1v) is 5.63. The Balaban J connectivity index is 5.24. The summed E-state index contributed by atoms with van der Waals surface area (Å²) in [5.41, 5.74) is -2.23. The van der Waals surface area contributed by atoms with Gasteiger partial charge in [-0.05, 0) is 19.7 Å². The van der Waals surface area contributed by atoms with Gasteiger partial charge in [0.25, 0.3) is 0 Å². The fourth-order valence-corrected chi connectivity index (χ4v) is 1.26. The first kappa shape index (κ1) is 16.8. The number of esters is 2. The quantitative estimate of drug-likeness (QED) is 0.300. The Morgan fingerprint density at radius 2 is 1.95 bits per heavy atom. The minimum Gasteiger partial charge on any atom is -0.462 e. The Kier molecular flexibility index (Phi) is 7.12. The average molecular weight is 268 g/mol. The van der Waals surface area contributed by atoms with Crippen LogP contribution in [0.1, 0.15) is 20.3 Å². The molecule has 0 amide bonds. The van der Waals surface area contributed by atoms with Crippen LogP contribution in [0.2, 0.25) is 0 Å². The lowest BCUT2D eigenvalue weighted by atomic mass is 9.92. The van der Waals surface area contributed by atoms with E-state index in [1.165, 1.54) is 0 Å². The Hall–Kier alpha value is -2.16. The van der Waals surface area contributed by atoms with E-state index in [-0.39, 0.29) is 18.8 Å². The molecule has 0 aliphatic carbocycles. The lowest BCUT2D eigenvalue weighted by Crippen LogP contribution is -2.42. The van der Waals surface area contributed by atoms with Gasteiger partial charge in [-0.1, -0.05) is 0 Å². The summed E-state index contributed by atoms with van der Waals surface area (Å²) in [7, 11) is 0. The average Bonchev–Trinajstić information content (AvgIpc) is 2.41. The van der Waals surface area contributed by atoms with E-state index >= 15 is 0 Å². The lowest BCUT2D eigenvalue weighted by Gasteiger charge is -2.17. The van der Waals surface area contributed by atoms with Gasteiger partial charge in [-0.25, -0.2) is 16.2 Å². The predicted molar refractivity (Wildman–Crippen MR) is 65.5 cm³/mol. The monoisotopic (exact) mass is 268 g/mol. The van der Waals surface area contributed by atoms with Crippen molar-refractivity contribution >= 4 is 17.8 Å². The highest BCUT2D eigenvalue weighted by Gasteiger charge is 2.49. The lowest BCUT2D eigenvalue weighted by molar-refractivity contribution is -0.149. The first-order chi connectivity index (χ1) is 9.01. The molecule has 19 heavy (non-hydrogen) atoms. The second kappa shape index (κ2) is 8.03. The number of hydrogen-bond acceptors (Lipinski definition) is 6. The molecule has 0 aliphatic rings. The zero-order valence-electron chi connectivity index (χ0n) is 10.9. The Bertz CT molecular complexity index is 434. The van der Waals surface area contributed by atoms with Crippen LogP contribution in [0, 0.1) is 12.0 Å². The molecule has 0 aromatic carbocycles. The maximum absolute atomic E-state index is 11.7. The SMILES string of the molecule is [C-]#[N+]C(CO)(CC(=C=N)C(=O)OCC)C(=O)OCC. The van der Waals surface area contributed by atoms with Crippen molar-refractivity contribution in [3.05, 3.63) is 17.0 Å². The van der Waals surface area contributed by atoms with Crippen molar-refractivity contribution in [3.8, 4) is 0 Å². The van der Waals surface area contributed by atoms with Crippen LogP contribution in [0.25, 0.3) is 4.85 Å². The van der Waals surface area contributed by atoms with Crippen LogP contribution in [0.4, 0.5) is 0 Å². The van der Waals surface area contributed by atoms with Gasteiger partial charge in [-0.15, -0.1) is 0 Å². The fraction of sp³-hybridized carbons (Fsp3) is 0.583. The molecule has 0 spiro atoms. The highest BCUT2D eigenvalue weighted by Crippen LogP contribution is 2.23. The number of nitrogens with one attached hydrogen (secondary N) is 1. The van der Waals surface area contributed by atoms with E-state index in [4.69, 9.17) is 16.7 Å². The highest BCUT2D eigenvalue weighted by atomic mass is 16.5. The van der Waals surface area contributed by atoms with Gasteiger partial charge in [-0.3, -0.25) is 10.3 Å². The van der Waals surface area contributed by atoms with Crippen molar-refractivity contribution in [2.45, 2.75) is 25.8 Å². The van der Waals surface area contributed by atoms with Crippen molar-refractivity contribution < 1.29 is 24.2 Å².